The number of thiocarbonyl (C=S) groups is 1. The molecule has 6 heteroatoms. The van der Waals surface area contributed by atoms with E-state index in [1.54, 1.807) is 12.4 Å². The Kier molecular flexibility index (Phi) is 3.04. The molecular weight excluding hydrogens is 264 g/mol. The second-order valence-corrected chi connectivity index (χ2v) is 4.80. The predicted octanol–water partition coefficient (Wildman–Crippen LogP) is 3.00. The van der Waals surface area contributed by atoms with Gasteiger partial charge in [0.2, 0.25) is 0 Å². The van der Waals surface area contributed by atoms with E-state index in [0.29, 0.717) is 10.8 Å². The lowest BCUT2D eigenvalue weighted by molar-refractivity contribution is 1.27. The standard InChI is InChI=1S/C12H8N4S2/c17-12-11(15-9-5-1-3-7-13-9)18-16(12)10-6-2-4-8-14-10/h1-8H. The quantitative estimate of drug-likeness (QED) is 0.621. The minimum Gasteiger partial charge on any atom is -0.249 e. The van der Waals surface area contributed by atoms with E-state index in [2.05, 4.69) is 15.0 Å². The summed E-state index contributed by atoms with van der Waals surface area (Å²) in [6.07, 6.45) is 3.45. The fourth-order valence-corrected chi connectivity index (χ4v) is 2.51. The summed E-state index contributed by atoms with van der Waals surface area (Å²) < 4.78 is 1.87. The molecular formula is C12H8N4S2. The Bertz CT molecular complexity index is 598. The van der Waals surface area contributed by atoms with Crippen molar-refractivity contribution in [2.75, 3.05) is 4.31 Å². The van der Waals surface area contributed by atoms with E-state index in [1.165, 1.54) is 11.9 Å². The van der Waals surface area contributed by atoms with Crippen LogP contribution in [-0.2, 0) is 0 Å². The van der Waals surface area contributed by atoms with Crippen molar-refractivity contribution in [2.24, 2.45) is 4.99 Å². The largest absolute Gasteiger partial charge is 0.249 e. The van der Waals surface area contributed by atoms with Gasteiger partial charge in [0.15, 0.2) is 15.9 Å². The number of pyridine rings is 2. The molecule has 0 amide bonds. The Hall–Kier alpha value is -1.79. The highest BCUT2D eigenvalue weighted by Crippen LogP contribution is 2.33. The Balaban J connectivity index is 1.78. The molecule has 0 bridgehead atoms. The van der Waals surface area contributed by atoms with Crippen LogP contribution in [0.15, 0.2) is 53.8 Å². The number of hydrogen-bond donors (Lipinski definition) is 0. The smallest absolute Gasteiger partial charge is 0.155 e. The van der Waals surface area contributed by atoms with Gasteiger partial charge in [0.05, 0.1) is 0 Å². The molecule has 3 heterocycles. The van der Waals surface area contributed by atoms with E-state index >= 15 is 0 Å². The lowest BCUT2D eigenvalue weighted by Gasteiger charge is -2.31. The summed E-state index contributed by atoms with van der Waals surface area (Å²) in [7, 11) is 0. The molecule has 4 nitrogen and oxygen atoms in total. The van der Waals surface area contributed by atoms with Gasteiger partial charge in [-0.3, -0.25) is 0 Å². The highest BCUT2D eigenvalue weighted by atomic mass is 32.2. The molecule has 0 spiro atoms. The van der Waals surface area contributed by atoms with Gasteiger partial charge in [0.1, 0.15) is 5.82 Å². The predicted molar refractivity (Wildman–Crippen MR) is 78.2 cm³/mol. The van der Waals surface area contributed by atoms with Crippen molar-refractivity contribution in [1.82, 2.24) is 9.97 Å². The number of hydrogen-bond acceptors (Lipinski definition) is 5. The topological polar surface area (TPSA) is 41.4 Å². The van der Waals surface area contributed by atoms with E-state index < -0.39 is 0 Å². The number of anilines is 1. The third-order valence-corrected chi connectivity index (χ3v) is 3.90. The van der Waals surface area contributed by atoms with Crippen LogP contribution in [0, 0.1) is 0 Å². The molecule has 1 aliphatic heterocycles. The highest BCUT2D eigenvalue weighted by molar-refractivity contribution is 8.24. The molecule has 0 aromatic carbocycles. The Morgan fingerprint density at radius 2 is 1.83 bits per heavy atom. The Labute approximate surface area is 114 Å². The van der Waals surface area contributed by atoms with Gasteiger partial charge in [-0.1, -0.05) is 24.4 Å². The summed E-state index contributed by atoms with van der Waals surface area (Å²) >= 11 is 6.78. The van der Waals surface area contributed by atoms with Crippen LogP contribution in [0.2, 0.25) is 0 Å². The average molecular weight is 272 g/mol. The molecule has 3 rings (SSSR count). The zero-order chi connectivity index (χ0) is 12.4. The minimum atomic E-state index is 0.669. The van der Waals surface area contributed by atoms with Gasteiger partial charge in [0.25, 0.3) is 0 Å². The molecule has 0 unspecified atom stereocenters. The summed E-state index contributed by atoms with van der Waals surface area (Å²) in [4.78, 5) is 13.4. The molecule has 1 fully saturated rings. The van der Waals surface area contributed by atoms with Gasteiger partial charge < -0.3 is 0 Å². The number of nitrogens with zero attached hydrogens (tertiary/aromatic N) is 4. The Morgan fingerprint density at radius 3 is 2.44 bits per heavy atom. The normalized spacial score (nSPS) is 16.8. The van der Waals surface area contributed by atoms with Crippen LogP contribution in [0.4, 0.5) is 11.6 Å². The molecule has 0 atom stereocenters. The first kappa shape index (κ1) is 11.3. The van der Waals surface area contributed by atoms with Crippen molar-refractivity contribution in [3.05, 3.63) is 48.8 Å². The lowest BCUT2D eigenvalue weighted by Crippen LogP contribution is -2.40. The highest BCUT2D eigenvalue weighted by Gasteiger charge is 2.32. The van der Waals surface area contributed by atoms with Crippen molar-refractivity contribution < 1.29 is 0 Å². The monoisotopic (exact) mass is 272 g/mol. The van der Waals surface area contributed by atoms with Crippen molar-refractivity contribution in [1.29, 1.82) is 0 Å². The molecule has 1 aliphatic rings. The summed E-state index contributed by atoms with van der Waals surface area (Å²) in [5.41, 5.74) is 0. The molecule has 1 saturated heterocycles. The van der Waals surface area contributed by atoms with Crippen molar-refractivity contribution in [2.45, 2.75) is 0 Å². The van der Waals surface area contributed by atoms with E-state index in [1.807, 2.05) is 40.7 Å². The molecule has 88 valence electrons. The molecule has 2 aromatic rings. The fraction of sp³-hybridized carbons (Fsp3) is 0. The van der Waals surface area contributed by atoms with Crippen molar-refractivity contribution in [3.63, 3.8) is 0 Å². The first-order valence-electron chi connectivity index (χ1n) is 5.28. The van der Waals surface area contributed by atoms with Gasteiger partial charge in [-0.05, 0) is 24.3 Å². The summed E-state index contributed by atoms with van der Waals surface area (Å²) in [5, 5.41) is 0.800. The molecule has 18 heavy (non-hydrogen) atoms. The zero-order valence-electron chi connectivity index (χ0n) is 9.22. The second kappa shape index (κ2) is 4.83. The first-order chi connectivity index (χ1) is 8.84. The van der Waals surface area contributed by atoms with Gasteiger partial charge in [0, 0.05) is 24.3 Å². The summed E-state index contributed by atoms with van der Waals surface area (Å²) in [5.74, 6) is 1.50. The minimum absolute atomic E-state index is 0.669. The van der Waals surface area contributed by atoms with E-state index in [9.17, 15) is 0 Å². The lowest BCUT2D eigenvalue weighted by atomic mass is 10.4. The Morgan fingerprint density at radius 1 is 1.06 bits per heavy atom. The van der Waals surface area contributed by atoms with Gasteiger partial charge >= 0.3 is 0 Å². The molecule has 0 N–H and O–H groups in total. The van der Waals surface area contributed by atoms with Crippen LogP contribution >= 0.6 is 24.2 Å². The van der Waals surface area contributed by atoms with E-state index in [-0.39, 0.29) is 0 Å². The van der Waals surface area contributed by atoms with Crippen LogP contribution < -0.4 is 4.31 Å². The van der Waals surface area contributed by atoms with E-state index in [0.717, 1.165) is 10.9 Å². The summed E-state index contributed by atoms with van der Waals surface area (Å²) in [6, 6.07) is 11.3. The van der Waals surface area contributed by atoms with Crippen LogP contribution in [0.5, 0.6) is 0 Å². The van der Waals surface area contributed by atoms with Crippen LogP contribution in [-0.4, -0.2) is 20.0 Å². The number of aromatic nitrogens is 2. The number of aliphatic imine (C=N–C) groups is 1. The third kappa shape index (κ3) is 2.12. The van der Waals surface area contributed by atoms with E-state index in [4.69, 9.17) is 12.2 Å². The molecule has 0 aliphatic carbocycles. The second-order valence-electron chi connectivity index (χ2n) is 3.48. The van der Waals surface area contributed by atoms with Crippen LogP contribution in [0.1, 0.15) is 0 Å². The maximum absolute atomic E-state index is 5.31. The molecule has 0 saturated carbocycles. The van der Waals surface area contributed by atoms with Gasteiger partial charge in [-0.2, -0.15) is 0 Å². The summed E-state index contributed by atoms with van der Waals surface area (Å²) in [6.45, 7) is 0. The van der Waals surface area contributed by atoms with Crippen LogP contribution in [0.25, 0.3) is 0 Å². The average Bonchev–Trinajstić information content (AvgIpc) is 2.44. The van der Waals surface area contributed by atoms with Gasteiger partial charge in [-0.25, -0.2) is 19.3 Å². The molecule has 2 aromatic heterocycles. The first-order valence-corrected chi connectivity index (χ1v) is 6.46. The maximum Gasteiger partial charge on any atom is 0.155 e. The third-order valence-electron chi connectivity index (χ3n) is 2.27. The fourth-order valence-electron chi connectivity index (χ4n) is 1.43. The SMILES string of the molecule is S=C1C(=Nc2ccccn2)SN1c1ccccn1. The number of rotatable bonds is 2. The van der Waals surface area contributed by atoms with Crippen molar-refractivity contribution >= 4 is 45.8 Å². The van der Waals surface area contributed by atoms with Crippen molar-refractivity contribution in [3.8, 4) is 0 Å². The molecule has 0 radical (unpaired) electrons. The van der Waals surface area contributed by atoms with Gasteiger partial charge in [-0.15, -0.1) is 0 Å². The van der Waals surface area contributed by atoms with Crippen LogP contribution in [0.3, 0.4) is 0 Å². The maximum atomic E-state index is 5.31. The zero-order valence-corrected chi connectivity index (χ0v) is 10.9.